The number of carbonyl (C=O) groups excluding carboxylic acids is 1. The lowest BCUT2D eigenvalue weighted by Crippen LogP contribution is -2.63. The lowest BCUT2D eigenvalue weighted by atomic mass is 9.64. The minimum Gasteiger partial charge on any atom is -0.383 e. The molecule has 1 atom stereocenters. The fourth-order valence-corrected chi connectivity index (χ4v) is 4.92. The topological polar surface area (TPSA) is 131 Å². The van der Waals surface area contributed by atoms with E-state index < -0.39 is 17.0 Å². The van der Waals surface area contributed by atoms with Gasteiger partial charge in [-0.25, -0.2) is 14.1 Å². The van der Waals surface area contributed by atoms with E-state index in [9.17, 15) is 14.3 Å². The van der Waals surface area contributed by atoms with Gasteiger partial charge in [0.25, 0.3) is 5.91 Å². The third-order valence-electron chi connectivity index (χ3n) is 6.99. The van der Waals surface area contributed by atoms with Gasteiger partial charge in [0.1, 0.15) is 5.60 Å². The summed E-state index contributed by atoms with van der Waals surface area (Å²) in [5.41, 5.74) is 2.39. The molecule has 0 aliphatic heterocycles. The molecule has 1 aliphatic carbocycles. The van der Waals surface area contributed by atoms with Gasteiger partial charge < -0.3 is 15.2 Å². The molecule has 5 rings (SSSR count). The zero-order valence-corrected chi connectivity index (χ0v) is 21.7. The van der Waals surface area contributed by atoms with E-state index in [0.717, 1.165) is 34.4 Å². The minimum absolute atomic E-state index is 0.0779. The highest BCUT2D eigenvalue weighted by Gasteiger charge is 2.60. The van der Waals surface area contributed by atoms with Crippen LogP contribution in [0.15, 0.2) is 48.9 Å². The number of hydrogen-bond donors (Lipinski definition) is 3. The third kappa shape index (κ3) is 4.94. The second-order valence-corrected chi connectivity index (χ2v) is 10.1. The Kier molecular flexibility index (Phi) is 6.58. The van der Waals surface area contributed by atoms with Crippen molar-refractivity contribution in [3.05, 3.63) is 88.6 Å². The van der Waals surface area contributed by atoms with Crippen LogP contribution in [-0.2, 0) is 21.6 Å². The van der Waals surface area contributed by atoms with Gasteiger partial charge in [0, 0.05) is 44.0 Å². The Morgan fingerprint density at radius 1 is 1.24 bits per heavy atom. The number of aliphatic hydroxyl groups is 1. The number of aromatic amines is 1. The number of nitrogens with one attached hydrogen (secondary N) is 2. The van der Waals surface area contributed by atoms with Crippen LogP contribution in [0.3, 0.4) is 0 Å². The fraction of sp³-hybridized carbons (Fsp3) is 0.370. The van der Waals surface area contributed by atoms with Gasteiger partial charge >= 0.3 is 0 Å². The summed E-state index contributed by atoms with van der Waals surface area (Å²) in [6, 6.07) is 8.89. The first kappa shape index (κ1) is 25.7. The number of amides is 1. The Bertz CT molecular complexity index is 1460. The Balaban J connectivity index is 1.27. The first-order valence-electron chi connectivity index (χ1n) is 12.3. The normalized spacial score (nSPS) is 21.6. The van der Waals surface area contributed by atoms with E-state index >= 15 is 0 Å². The number of nitrogens with zero attached hydrogens (tertiary/aromatic N) is 5. The monoisotopic (exact) mass is 519 g/mol. The van der Waals surface area contributed by atoms with E-state index in [1.54, 1.807) is 18.3 Å². The van der Waals surface area contributed by atoms with Crippen LogP contribution in [0, 0.1) is 19.7 Å². The van der Waals surface area contributed by atoms with Gasteiger partial charge in [-0.15, -0.1) is 0 Å². The molecule has 0 spiro atoms. The standard InChI is InChI=1S/C27H30FN7O3/c1-16-7-21(10-22-9-17(2)33-34-22)32-23(8-16)26(37)14-27(15-26,38-4)25(36)31-18(3)19-5-6-24(29-11-19)35-13-20(28)12-30-35/h5-9,11-13,18,37H,10,14-15H2,1-4H3,(H,31,36)(H,33,34)/t18-,26?,27?/m0/s1. The van der Waals surface area contributed by atoms with Crippen LogP contribution in [-0.4, -0.2) is 53.7 Å². The van der Waals surface area contributed by atoms with Crippen molar-refractivity contribution < 1.29 is 19.0 Å². The average molecular weight is 520 g/mol. The smallest absolute Gasteiger partial charge is 0.252 e. The van der Waals surface area contributed by atoms with Crippen LogP contribution in [0.2, 0.25) is 0 Å². The molecule has 1 amide bonds. The molecular weight excluding hydrogens is 489 g/mol. The van der Waals surface area contributed by atoms with Gasteiger partial charge in [-0.05, 0) is 56.2 Å². The number of aryl methyl sites for hydroxylation is 2. The van der Waals surface area contributed by atoms with Crippen LogP contribution in [0.1, 0.15) is 59.7 Å². The van der Waals surface area contributed by atoms with Gasteiger partial charge in [0.15, 0.2) is 17.2 Å². The molecule has 1 aliphatic rings. The molecule has 0 radical (unpaired) electrons. The summed E-state index contributed by atoms with van der Waals surface area (Å²) in [5, 5.41) is 25.5. The lowest BCUT2D eigenvalue weighted by Gasteiger charge is -2.50. The van der Waals surface area contributed by atoms with E-state index in [1.807, 2.05) is 39.0 Å². The molecule has 4 aromatic rings. The second kappa shape index (κ2) is 9.73. The van der Waals surface area contributed by atoms with Crippen LogP contribution in [0.5, 0.6) is 0 Å². The summed E-state index contributed by atoms with van der Waals surface area (Å²) in [6.07, 6.45) is 4.64. The third-order valence-corrected chi connectivity index (χ3v) is 6.99. The summed E-state index contributed by atoms with van der Waals surface area (Å²) < 4.78 is 20.2. The zero-order valence-electron chi connectivity index (χ0n) is 21.7. The molecule has 0 unspecified atom stereocenters. The summed E-state index contributed by atoms with van der Waals surface area (Å²) in [7, 11) is 1.47. The summed E-state index contributed by atoms with van der Waals surface area (Å²) in [6.45, 7) is 5.72. The molecule has 4 heterocycles. The number of aromatic nitrogens is 6. The predicted octanol–water partition coefficient (Wildman–Crippen LogP) is 2.98. The van der Waals surface area contributed by atoms with Crippen LogP contribution >= 0.6 is 0 Å². The molecular formula is C27H30FN7O3. The van der Waals surface area contributed by atoms with E-state index in [-0.39, 0.29) is 24.8 Å². The lowest BCUT2D eigenvalue weighted by molar-refractivity contribution is -0.206. The average Bonchev–Trinajstić information content (AvgIpc) is 3.49. The maximum atomic E-state index is 13.3. The predicted molar refractivity (Wildman–Crippen MR) is 136 cm³/mol. The van der Waals surface area contributed by atoms with Crippen molar-refractivity contribution in [2.24, 2.45) is 0 Å². The highest BCUT2D eigenvalue weighted by molar-refractivity contribution is 5.87. The fourth-order valence-electron chi connectivity index (χ4n) is 4.92. The molecule has 10 nitrogen and oxygen atoms in total. The van der Waals surface area contributed by atoms with E-state index in [2.05, 4.69) is 25.6 Å². The molecule has 1 fully saturated rings. The van der Waals surface area contributed by atoms with E-state index in [4.69, 9.17) is 9.72 Å². The number of rotatable bonds is 8. The van der Waals surface area contributed by atoms with Crippen LogP contribution in [0.25, 0.3) is 5.82 Å². The first-order valence-corrected chi connectivity index (χ1v) is 12.3. The number of methoxy groups -OCH3 is 1. The molecule has 11 heteroatoms. The van der Waals surface area contributed by atoms with Crippen molar-refractivity contribution in [1.29, 1.82) is 0 Å². The molecule has 0 bridgehead atoms. The number of halogens is 1. The summed E-state index contributed by atoms with van der Waals surface area (Å²) in [5.74, 6) is -0.317. The molecule has 0 aromatic carbocycles. The van der Waals surface area contributed by atoms with E-state index in [0.29, 0.717) is 17.9 Å². The Labute approximate surface area is 219 Å². The number of carbonyl (C=O) groups is 1. The Hall–Kier alpha value is -3.96. The SMILES string of the molecule is COC1(C(=O)N[C@@H](C)c2ccc(-n3cc(F)cn3)nc2)CC(O)(c2cc(C)cc(Cc3cc(C)[nH]n3)n2)C1. The number of hydrogen-bond acceptors (Lipinski definition) is 7. The van der Waals surface area contributed by atoms with E-state index in [1.165, 1.54) is 18.0 Å². The Morgan fingerprint density at radius 2 is 2.03 bits per heavy atom. The van der Waals surface area contributed by atoms with Crippen molar-refractivity contribution >= 4 is 5.91 Å². The number of pyridine rings is 2. The van der Waals surface area contributed by atoms with Crippen molar-refractivity contribution in [2.75, 3.05) is 7.11 Å². The molecule has 3 N–H and O–H groups in total. The molecule has 0 saturated heterocycles. The highest BCUT2D eigenvalue weighted by Crippen LogP contribution is 2.50. The summed E-state index contributed by atoms with van der Waals surface area (Å²) >= 11 is 0. The summed E-state index contributed by atoms with van der Waals surface area (Å²) in [4.78, 5) is 22.3. The van der Waals surface area contributed by atoms with Crippen molar-refractivity contribution in [3.63, 3.8) is 0 Å². The number of ether oxygens (including phenoxy) is 1. The molecule has 1 saturated carbocycles. The minimum atomic E-state index is -1.29. The van der Waals surface area contributed by atoms with Crippen LogP contribution in [0.4, 0.5) is 4.39 Å². The van der Waals surface area contributed by atoms with Crippen LogP contribution < -0.4 is 5.32 Å². The maximum Gasteiger partial charge on any atom is 0.252 e. The van der Waals surface area contributed by atoms with Gasteiger partial charge in [-0.1, -0.05) is 6.07 Å². The largest absolute Gasteiger partial charge is 0.383 e. The van der Waals surface area contributed by atoms with Crippen molar-refractivity contribution in [1.82, 2.24) is 35.3 Å². The van der Waals surface area contributed by atoms with Gasteiger partial charge in [0.05, 0.1) is 29.8 Å². The number of H-pyrrole nitrogens is 1. The quantitative estimate of drug-likeness (QED) is 0.326. The first-order chi connectivity index (χ1) is 18.1. The van der Waals surface area contributed by atoms with Gasteiger partial charge in [-0.2, -0.15) is 10.2 Å². The zero-order chi connectivity index (χ0) is 27.1. The Morgan fingerprint density at radius 3 is 2.63 bits per heavy atom. The van der Waals surface area contributed by atoms with Gasteiger partial charge in [0.2, 0.25) is 0 Å². The van der Waals surface area contributed by atoms with Crippen molar-refractivity contribution in [3.8, 4) is 5.82 Å². The molecule has 38 heavy (non-hydrogen) atoms. The van der Waals surface area contributed by atoms with Gasteiger partial charge in [-0.3, -0.25) is 14.9 Å². The highest BCUT2D eigenvalue weighted by atomic mass is 19.1. The maximum absolute atomic E-state index is 13.3. The molecule has 198 valence electrons. The van der Waals surface area contributed by atoms with Crippen molar-refractivity contribution in [2.45, 2.75) is 57.3 Å². The second-order valence-electron chi connectivity index (χ2n) is 10.1. The molecule has 4 aromatic heterocycles.